The molecule has 1 unspecified atom stereocenters. The van der Waals surface area contributed by atoms with Gasteiger partial charge >= 0.3 is 17.9 Å². The molecule has 0 aliphatic rings. The summed E-state index contributed by atoms with van der Waals surface area (Å²) in [7, 11) is 0. The number of unbranched alkanes of at least 4 members (excludes halogenated alkanes) is 17. The summed E-state index contributed by atoms with van der Waals surface area (Å²) in [6.07, 6.45) is 97.9. The van der Waals surface area contributed by atoms with Gasteiger partial charge in [-0.15, -0.1) is 0 Å². The zero-order chi connectivity index (χ0) is 57.8. The van der Waals surface area contributed by atoms with Crippen molar-refractivity contribution in [2.24, 2.45) is 0 Å². The van der Waals surface area contributed by atoms with E-state index in [0.29, 0.717) is 19.3 Å². The van der Waals surface area contributed by atoms with Gasteiger partial charge in [-0.05, 0) is 148 Å². The molecule has 1 atom stereocenters. The summed E-state index contributed by atoms with van der Waals surface area (Å²) in [6.45, 7) is 6.33. The Hall–Kier alpha value is -5.23. The topological polar surface area (TPSA) is 78.9 Å². The average molecular weight is 1100 g/mol. The van der Waals surface area contributed by atoms with Crippen LogP contribution in [0.15, 0.2) is 170 Å². The molecule has 0 rings (SSSR count). The largest absolute Gasteiger partial charge is 0.462 e. The monoisotopic (exact) mass is 1100 g/mol. The van der Waals surface area contributed by atoms with Gasteiger partial charge in [0, 0.05) is 19.3 Å². The van der Waals surface area contributed by atoms with Crippen LogP contribution in [-0.2, 0) is 28.6 Å². The molecule has 0 N–H and O–H groups in total. The smallest absolute Gasteiger partial charge is 0.306 e. The molecule has 0 saturated carbocycles. The van der Waals surface area contributed by atoms with Gasteiger partial charge in [-0.3, -0.25) is 14.4 Å². The fraction of sp³-hybridized carbons (Fsp3) is 0.581. The summed E-state index contributed by atoms with van der Waals surface area (Å²) in [5, 5.41) is 0. The highest BCUT2D eigenvalue weighted by atomic mass is 16.6. The second-order valence-electron chi connectivity index (χ2n) is 20.5. The molecular formula is C74H116O6. The Labute approximate surface area is 492 Å². The molecule has 0 spiro atoms. The van der Waals surface area contributed by atoms with Crippen molar-refractivity contribution < 1.29 is 28.6 Å². The summed E-state index contributed by atoms with van der Waals surface area (Å²) >= 11 is 0. The second kappa shape index (κ2) is 66.3. The lowest BCUT2D eigenvalue weighted by Gasteiger charge is -2.18. The van der Waals surface area contributed by atoms with E-state index in [-0.39, 0.29) is 37.5 Å². The molecule has 0 amide bonds. The normalized spacial score (nSPS) is 13.3. The Morgan fingerprint density at radius 3 is 0.812 bits per heavy atom. The van der Waals surface area contributed by atoms with E-state index in [1.54, 1.807) is 0 Å². The van der Waals surface area contributed by atoms with Gasteiger partial charge in [0.25, 0.3) is 0 Å². The summed E-state index contributed by atoms with van der Waals surface area (Å²) in [5.74, 6) is -1.02. The third-order valence-electron chi connectivity index (χ3n) is 12.9. The maximum absolute atomic E-state index is 12.9. The molecular weight excluding hydrogens is 985 g/mol. The van der Waals surface area contributed by atoms with Crippen molar-refractivity contribution in [1.29, 1.82) is 0 Å². The molecule has 0 fully saturated rings. The summed E-state index contributed by atoms with van der Waals surface area (Å²) in [5.41, 5.74) is 0. The van der Waals surface area contributed by atoms with Gasteiger partial charge < -0.3 is 14.2 Å². The van der Waals surface area contributed by atoms with Crippen LogP contribution in [0.1, 0.15) is 258 Å². The van der Waals surface area contributed by atoms with Crippen molar-refractivity contribution in [3.05, 3.63) is 170 Å². The van der Waals surface area contributed by atoms with Crippen LogP contribution in [0, 0.1) is 0 Å². The van der Waals surface area contributed by atoms with Crippen molar-refractivity contribution in [2.75, 3.05) is 13.2 Å². The lowest BCUT2D eigenvalue weighted by atomic mass is 10.1. The first kappa shape index (κ1) is 74.8. The van der Waals surface area contributed by atoms with E-state index in [9.17, 15) is 14.4 Å². The molecule has 0 aliphatic heterocycles. The maximum Gasteiger partial charge on any atom is 0.306 e. The minimum absolute atomic E-state index is 0.120. The average Bonchev–Trinajstić information content (AvgIpc) is 3.46. The number of hydrogen-bond donors (Lipinski definition) is 0. The van der Waals surface area contributed by atoms with E-state index in [0.717, 1.165) is 154 Å². The van der Waals surface area contributed by atoms with Gasteiger partial charge in [-0.1, -0.05) is 262 Å². The van der Waals surface area contributed by atoms with Crippen LogP contribution < -0.4 is 0 Å². The number of hydrogen-bond acceptors (Lipinski definition) is 6. The predicted molar refractivity (Wildman–Crippen MR) is 348 cm³/mol. The molecule has 0 heterocycles. The van der Waals surface area contributed by atoms with Crippen LogP contribution in [0.25, 0.3) is 0 Å². The zero-order valence-corrected chi connectivity index (χ0v) is 51.3. The highest BCUT2D eigenvalue weighted by Crippen LogP contribution is 2.13. The van der Waals surface area contributed by atoms with Crippen LogP contribution in [-0.4, -0.2) is 37.2 Å². The van der Waals surface area contributed by atoms with Crippen LogP contribution in [0.2, 0.25) is 0 Å². The molecule has 0 saturated heterocycles. The summed E-state index contributed by atoms with van der Waals surface area (Å²) in [6, 6.07) is 0. The highest BCUT2D eigenvalue weighted by Gasteiger charge is 2.19. The fourth-order valence-electron chi connectivity index (χ4n) is 8.19. The summed E-state index contributed by atoms with van der Waals surface area (Å²) < 4.78 is 16.8. The first-order valence-corrected chi connectivity index (χ1v) is 32.1. The maximum atomic E-state index is 12.9. The van der Waals surface area contributed by atoms with Crippen LogP contribution in [0.4, 0.5) is 0 Å². The molecule has 80 heavy (non-hydrogen) atoms. The molecule has 0 bridgehead atoms. The standard InChI is InChI=1S/C74H116O6/c1-4-7-10-13-16-19-22-25-28-31-32-33-34-35-36-37-38-39-40-41-42-44-46-49-52-55-58-61-64-67-73(76)79-70-71(69-78-72(75)66-63-60-57-54-51-48-45-30-27-24-21-18-15-12-9-6-3)80-74(77)68-65-62-59-56-53-50-47-43-29-26-23-20-17-14-11-8-5-2/h7-8,10-11,16-17,19-20,25-26,28-30,32-33,35-36,38-39,41-42,45-47,49-50,56,59,71H,4-6,9,12-15,18,21-24,27,31,34,37,40,43-44,48,51-55,57-58,60-70H2,1-3H3/b10-7-,11-8-,19-16-,20-17-,28-25-,29-26-,33-32-,36-35-,39-38-,42-41-,45-30-,49-46-,50-47-,59-56-. The summed E-state index contributed by atoms with van der Waals surface area (Å²) in [4.78, 5) is 38.3. The van der Waals surface area contributed by atoms with Crippen molar-refractivity contribution in [3.63, 3.8) is 0 Å². The molecule has 0 aromatic rings. The van der Waals surface area contributed by atoms with Crippen LogP contribution in [0.3, 0.4) is 0 Å². The van der Waals surface area contributed by atoms with Gasteiger partial charge in [0.1, 0.15) is 13.2 Å². The van der Waals surface area contributed by atoms with E-state index in [2.05, 4.69) is 191 Å². The van der Waals surface area contributed by atoms with E-state index in [4.69, 9.17) is 14.2 Å². The molecule has 0 aliphatic carbocycles. The number of carbonyl (C=O) groups is 3. The van der Waals surface area contributed by atoms with Crippen molar-refractivity contribution in [3.8, 4) is 0 Å². The van der Waals surface area contributed by atoms with Crippen LogP contribution >= 0.6 is 0 Å². The Morgan fingerprint density at radius 1 is 0.263 bits per heavy atom. The van der Waals surface area contributed by atoms with Crippen LogP contribution in [0.5, 0.6) is 0 Å². The molecule has 0 radical (unpaired) electrons. The van der Waals surface area contributed by atoms with E-state index < -0.39 is 6.10 Å². The van der Waals surface area contributed by atoms with Gasteiger partial charge in [0.05, 0.1) is 0 Å². The van der Waals surface area contributed by atoms with Gasteiger partial charge in [-0.25, -0.2) is 0 Å². The van der Waals surface area contributed by atoms with E-state index in [1.807, 2.05) is 0 Å². The highest BCUT2D eigenvalue weighted by molar-refractivity contribution is 5.71. The lowest BCUT2D eigenvalue weighted by Crippen LogP contribution is -2.30. The fourth-order valence-corrected chi connectivity index (χ4v) is 8.19. The minimum Gasteiger partial charge on any atom is -0.462 e. The third kappa shape index (κ3) is 63.6. The van der Waals surface area contributed by atoms with Crippen molar-refractivity contribution >= 4 is 17.9 Å². The van der Waals surface area contributed by atoms with Crippen molar-refractivity contribution in [1.82, 2.24) is 0 Å². The number of rotatable bonds is 56. The lowest BCUT2D eigenvalue weighted by molar-refractivity contribution is -0.167. The first-order chi connectivity index (χ1) is 39.5. The molecule has 448 valence electrons. The molecule has 0 aromatic carbocycles. The quantitative estimate of drug-likeness (QED) is 0.0261. The molecule has 0 aromatic heterocycles. The van der Waals surface area contributed by atoms with Gasteiger partial charge in [-0.2, -0.15) is 0 Å². The van der Waals surface area contributed by atoms with E-state index in [1.165, 1.54) is 57.8 Å². The Balaban J connectivity index is 4.50. The molecule has 6 nitrogen and oxygen atoms in total. The number of carbonyl (C=O) groups excluding carboxylic acids is 3. The Kier molecular flexibility index (Phi) is 61.9. The van der Waals surface area contributed by atoms with Gasteiger partial charge in [0.15, 0.2) is 6.10 Å². The minimum atomic E-state index is -0.832. The van der Waals surface area contributed by atoms with Crippen molar-refractivity contribution in [2.45, 2.75) is 264 Å². The Bertz CT molecular complexity index is 1840. The number of allylic oxidation sites excluding steroid dienone is 28. The van der Waals surface area contributed by atoms with Gasteiger partial charge in [0.2, 0.25) is 0 Å². The molecule has 6 heteroatoms. The Morgan fingerprint density at radius 2 is 0.500 bits per heavy atom. The number of ether oxygens (including phenoxy) is 3. The number of esters is 3. The second-order valence-corrected chi connectivity index (χ2v) is 20.5. The zero-order valence-electron chi connectivity index (χ0n) is 51.3. The third-order valence-corrected chi connectivity index (χ3v) is 12.9. The predicted octanol–water partition coefficient (Wildman–Crippen LogP) is 22.3. The first-order valence-electron chi connectivity index (χ1n) is 32.1. The van der Waals surface area contributed by atoms with E-state index >= 15 is 0 Å². The SMILES string of the molecule is CC/C=C\C/C=C\C/C=C\C/C=C\C/C=C\C/C=C\C/C=C\C/C=C\CCCCCCC(=O)OCC(COC(=O)CCCCCCC/C=C\CCCCCCCCC)OC(=O)CCC/C=C\C/C=C\C/C=C\C/C=C\C/C=C\CC.